The largest absolute Gasteiger partial charge is 0.261 e. The standard InChI is InChI=1S/C16H12BrFN6/c17-14-7-11(4-6-21-14)13(8-12-3-1-2-5-20-12)23-24-16-10-19-9-15(18)22-16/h1-7,9-10H,8H2,(H,22,24). The lowest BCUT2D eigenvalue weighted by Crippen LogP contribution is -2.10. The molecule has 24 heavy (non-hydrogen) atoms. The summed E-state index contributed by atoms with van der Waals surface area (Å²) in [4.78, 5) is 15.8. The van der Waals surface area contributed by atoms with E-state index >= 15 is 0 Å². The van der Waals surface area contributed by atoms with E-state index in [1.165, 1.54) is 6.20 Å². The Morgan fingerprint density at radius 1 is 1.17 bits per heavy atom. The number of nitrogens with zero attached hydrogens (tertiary/aromatic N) is 5. The second kappa shape index (κ2) is 7.69. The van der Waals surface area contributed by atoms with Crippen LogP contribution in [0.1, 0.15) is 11.3 Å². The van der Waals surface area contributed by atoms with Gasteiger partial charge in [-0.1, -0.05) is 6.07 Å². The second-order valence-corrected chi connectivity index (χ2v) is 5.57. The Hall–Kier alpha value is -2.74. The zero-order valence-electron chi connectivity index (χ0n) is 12.4. The van der Waals surface area contributed by atoms with Crippen molar-refractivity contribution in [3.63, 3.8) is 0 Å². The van der Waals surface area contributed by atoms with Gasteiger partial charge in [-0.3, -0.25) is 15.4 Å². The lowest BCUT2D eigenvalue weighted by molar-refractivity contribution is 0.578. The minimum atomic E-state index is -0.673. The number of hydrazone groups is 1. The highest BCUT2D eigenvalue weighted by Crippen LogP contribution is 2.12. The molecule has 0 aliphatic rings. The molecule has 0 fully saturated rings. The van der Waals surface area contributed by atoms with Gasteiger partial charge in [0.1, 0.15) is 4.60 Å². The highest BCUT2D eigenvalue weighted by molar-refractivity contribution is 9.10. The molecule has 0 saturated carbocycles. The van der Waals surface area contributed by atoms with E-state index in [2.05, 4.69) is 46.4 Å². The van der Waals surface area contributed by atoms with Gasteiger partial charge in [0.15, 0.2) is 5.82 Å². The molecule has 0 aliphatic carbocycles. The van der Waals surface area contributed by atoms with Crippen LogP contribution in [-0.4, -0.2) is 25.6 Å². The maximum absolute atomic E-state index is 13.1. The molecule has 0 spiro atoms. The number of rotatable bonds is 5. The summed E-state index contributed by atoms with van der Waals surface area (Å²) >= 11 is 3.35. The van der Waals surface area contributed by atoms with Gasteiger partial charge in [-0.15, -0.1) is 0 Å². The zero-order valence-corrected chi connectivity index (χ0v) is 14.0. The van der Waals surface area contributed by atoms with E-state index < -0.39 is 5.95 Å². The first-order valence-electron chi connectivity index (χ1n) is 7.02. The summed E-state index contributed by atoms with van der Waals surface area (Å²) in [5.41, 5.74) is 5.16. The quantitative estimate of drug-likeness (QED) is 0.413. The average molecular weight is 387 g/mol. The van der Waals surface area contributed by atoms with Crippen LogP contribution in [0.5, 0.6) is 0 Å². The normalized spacial score (nSPS) is 11.3. The van der Waals surface area contributed by atoms with Crippen LogP contribution in [0, 0.1) is 5.95 Å². The van der Waals surface area contributed by atoms with E-state index in [1.54, 1.807) is 12.4 Å². The molecule has 8 heteroatoms. The Labute approximate surface area is 146 Å². The number of hydrogen-bond donors (Lipinski definition) is 1. The first-order valence-corrected chi connectivity index (χ1v) is 7.82. The molecule has 3 aromatic heterocycles. The number of hydrogen-bond acceptors (Lipinski definition) is 6. The Kier molecular flexibility index (Phi) is 5.17. The van der Waals surface area contributed by atoms with Gasteiger partial charge < -0.3 is 0 Å². The summed E-state index contributed by atoms with van der Waals surface area (Å²) in [5, 5.41) is 4.35. The second-order valence-electron chi connectivity index (χ2n) is 4.76. The molecular weight excluding hydrogens is 375 g/mol. The maximum Gasteiger partial charge on any atom is 0.233 e. The molecular formula is C16H12BrFN6. The van der Waals surface area contributed by atoms with Crippen molar-refractivity contribution < 1.29 is 4.39 Å². The predicted molar refractivity (Wildman–Crippen MR) is 92.0 cm³/mol. The molecule has 3 aromatic rings. The van der Waals surface area contributed by atoms with E-state index in [-0.39, 0.29) is 5.82 Å². The minimum absolute atomic E-state index is 0.224. The first kappa shape index (κ1) is 16.1. The SMILES string of the molecule is Fc1cncc(NN=C(Cc2ccccn2)c2ccnc(Br)c2)n1. The van der Waals surface area contributed by atoms with Crippen molar-refractivity contribution in [2.75, 3.05) is 5.43 Å². The fraction of sp³-hybridized carbons (Fsp3) is 0.0625. The summed E-state index contributed by atoms with van der Waals surface area (Å²) in [5.74, 6) is -0.449. The first-order chi connectivity index (χ1) is 11.7. The molecule has 0 saturated heterocycles. The van der Waals surface area contributed by atoms with Gasteiger partial charge in [0.25, 0.3) is 0 Å². The third kappa shape index (κ3) is 4.39. The van der Waals surface area contributed by atoms with Crippen LogP contribution in [0.4, 0.5) is 10.2 Å². The molecule has 0 amide bonds. The summed E-state index contributed by atoms with van der Waals surface area (Å²) in [6.07, 6.45) is 6.32. The minimum Gasteiger partial charge on any atom is -0.261 e. The topological polar surface area (TPSA) is 76.0 Å². The van der Waals surface area contributed by atoms with Gasteiger partial charge in [-0.2, -0.15) is 14.5 Å². The summed E-state index contributed by atoms with van der Waals surface area (Å²) in [6.45, 7) is 0. The van der Waals surface area contributed by atoms with Crippen LogP contribution in [0.2, 0.25) is 0 Å². The van der Waals surface area contributed by atoms with Crippen molar-refractivity contribution in [2.45, 2.75) is 6.42 Å². The maximum atomic E-state index is 13.1. The van der Waals surface area contributed by atoms with Crippen LogP contribution in [0.25, 0.3) is 0 Å². The third-order valence-corrected chi connectivity index (χ3v) is 3.48. The van der Waals surface area contributed by atoms with Crippen molar-refractivity contribution in [2.24, 2.45) is 5.10 Å². The van der Waals surface area contributed by atoms with Crippen LogP contribution >= 0.6 is 15.9 Å². The summed E-state index contributed by atoms with van der Waals surface area (Å²) in [6, 6.07) is 9.36. The molecule has 3 rings (SSSR count). The highest BCUT2D eigenvalue weighted by Gasteiger charge is 2.08. The van der Waals surface area contributed by atoms with Crippen molar-refractivity contribution in [1.82, 2.24) is 19.9 Å². The van der Waals surface area contributed by atoms with Crippen LogP contribution in [0.3, 0.4) is 0 Å². The van der Waals surface area contributed by atoms with E-state index in [4.69, 9.17) is 0 Å². The van der Waals surface area contributed by atoms with Gasteiger partial charge >= 0.3 is 0 Å². The third-order valence-electron chi connectivity index (χ3n) is 3.05. The average Bonchev–Trinajstić information content (AvgIpc) is 2.59. The lowest BCUT2D eigenvalue weighted by atomic mass is 10.1. The molecule has 3 heterocycles. The fourth-order valence-corrected chi connectivity index (χ4v) is 2.35. The highest BCUT2D eigenvalue weighted by atomic mass is 79.9. The molecule has 0 radical (unpaired) electrons. The van der Waals surface area contributed by atoms with Gasteiger partial charge in [0.2, 0.25) is 5.95 Å². The molecule has 6 nitrogen and oxygen atoms in total. The van der Waals surface area contributed by atoms with Gasteiger partial charge in [-0.25, -0.2) is 4.98 Å². The monoisotopic (exact) mass is 386 g/mol. The van der Waals surface area contributed by atoms with E-state index in [0.717, 1.165) is 17.5 Å². The molecule has 0 atom stereocenters. The smallest absolute Gasteiger partial charge is 0.233 e. The van der Waals surface area contributed by atoms with Crippen molar-refractivity contribution >= 4 is 27.5 Å². The van der Waals surface area contributed by atoms with Crippen molar-refractivity contribution in [3.8, 4) is 0 Å². The summed E-state index contributed by atoms with van der Waals surface area (Å²) in [7, 11) is 0. The number of aromatic nitrogens is 4. The van der Waals surface area contributed by atoms with Crippen molar-refractivity contribution in [3.05, 3.63) is 76.9 Å². The number of halogens is 2. The van der Waals surface area contributed by atoms with Crippen molar-refractivity contribution in [1.29, 1.82) is 0 Å². The van der Waals surface area contributed by atoms with Gasteiger partial charge in [0, 0.05) is 30.1 Å². The molecule has 0 aliphatic heterocycles. The molecule has 0 unspecified atom stereocenters. The fourth-order valence-electron chi connectivity index (χ4n) is 1.98. The Balaban J connectivity index is 1.90. The van der Waals surface area contributed by atoms with E-state index in [1.807, 2.05) is 30.3 Å². The van der Waals surface area contributed by atoms with Crippen LogP contribution in [-0.2, 0) is 6.42 Å². The molecule has 1 N–H and O–H groups in total. The molecule has 0 aromatic carbocycles. The van der Waals surface area contributed by atoms with E-state index in [0.29, 0.717) is 16.7 Å². The number of pyridine rings is 2. The summed E-state index contributed by atoms with van der Waals surface area (Å²) < 4.78 is 13.8. The Morgan fingerprint density at radius 3 is 2.83 bits per heavy atom. The predicted octanol–water partition coefficient (Wildman–Crippen LogP) is 3.23. The van der Waals surface area contributed by atoms with E-state index in [9.17, 15) is 4.39 Å². The Bertz CT molecular complexity index is 856. The van der Waals surface area contributed by atoms with Gasteiger partial charge in [0.05, 0.1) is 18.1 Å². The van der Waals surface area contributed by atoms with Gasteiger partial charge in [-0.05, 0) is 40.2 Å². The molecule has 0 bridgehead atoms. The number of nitrogens with one attached hydrogen (secondary N) is 1. The molecule has 120 valence electrons. The number of anilines is 1. The Morgan fingerprint density at radius 2 is 2.08 bits per heavy atom. The zero-order chi connectivity index (χ0) is 16.8. The van der Waals surface area contributed by atoms with Crippen LogP contribution < -0.4 is 5.43 Å². The lowest BCUT2D eigenvalue weighted by Gasteiger charge is -2.08. The van der Waals surface area contributed by atoms with Crippen LogP contribution in [0.15, 0.2) is 64.8 Å².